The van der Waals surface area contributed by atoms with Gasteiger partial charge in [-0.3, -0.25) is 4.57 Å². The summed E-state index contributed by atoms with van der Waals surface area (Å²) in [6, 6.07) is 16.1. The number of aromatic nitrogens is 4. The molecule has 5 nitrogen and oxygen atoms in total. The summed E-state index contributed by atoms with van der Waals surface area (Å²) in [6.07, 6.45) is 7.89. The van der Waals surface area contributed by atoms with Crippen LogP contribution in [0.3, 0.4) is 0 Å². The zero-order valence-electron chi connectivity index (χ0n) is 15.1. The summed E-state index contributed by atoms with van der Waals surface area (Å²) in [5.74, 6) is 1.48. The van der Waals surface area contributed by atoms with Gasteiger partial charge in [0.2, 0.25) is 0 Å². The second-order valence-corrected chi connectivity index (χ2v) is 6.33. The van der Waals surface area contributed by atoms with Crippen molar-refractivity contribution >= 4 is 0 Å². The van der Waals surface area contributed by atoms with E-state index in [4.69, 9.17) is 0 Å². The lowest BCUT2D eigenvalue weighted by molar-refractivity contribution is 0.299. The molecule has 0 saturated carbocycles. The molecule has 1 N–H and O–H groups in total. The highest BCUT2D eigenvalue weighted by molar-refractivity contribution is 5.63. The van der Waals surface area contributed by atoms with Gasteiger partial charge in [0.05, 0.1) is 11.3 Å². The van der Waals surface area contributed by atoms with Crippen molar-refractivity contribution in [2.75, 3.05) is 6.61 Å². The summed E-state index contributed by atoms with van der Waals surface area (Å²) < 4.78 is 2.01. The molecule has 0 amide bonds. The molecule has 0 aliphatic carbocycles. The average molecular weight is 356 g/mol. The molecule has 4 aromatic rings. The van der Waals surface area contributed by atoms with Crippen LogP contribution in [-0.4, -0.2) is 31.2 Å². The van der Waals surface area contributed by atoms with Crippen LogP contribution < -0.4 is 0 Å². The fourth-order valence-electron chi connectivity index (χ4n) is 3.20. The Morgan fingerprint density at radius 3 is 2.44 bits per heavy atom. The minimum absolute atomic E-state index is 0.106. The molecule has 0 saturated heterocycles. The number of aliphatic hydroxyl groups excluding tert-OH is 1. The lowest BCUT2D eigenvalue weighted by Gasteiger charge is -2.12. The van der Waals surface area contributed by atoms with Gasteiger partial charge in [0.1, 0.15) is 5.82 Å². The Bertz CT molecular complexity index is 1050. The van der Waals surface area contributed by atoms with E-state index in [9.17, 15) is 5.11 Å². The van der Waals surface area contributed by atoms with Crippen LogP contribution in [0.5, 0.6) is 0 Å². The maximum Gasteiger partial charge on any atom is 0.159 e. The quantitative estimate of drug-likeness (QED) is 0.590. The number of imidazole rings is 1. The number of hydrogen-bond acceptors (Lipinski definition) is 4. The van der Waals surface area contributed by atoms with Gasteiger partial charge in [0, 0.05) is 37.0 Å². The van der Waals surface area contributed by atoms with Crippen LogP contribution in [0.25, 0.3) is 28.5 Å². The van der Waals surface area contributed by atoms with E-state index in [1.807, 2.05) is 65.6 Å². The highest BCUT2D eigenvalue weighted by Gasteiger charge is 2.12. The number of nitrogens with zero attached hydrogens (tertiary/aromatic N) is 4. The van der Waals surface area contributed by atoms with Crippen molar-refractivity contribution in [2.45, 2.75) is 13.3 Å². The van der Waals surface area contributed by atoms with Gasteiger partial charge < -0.3 is 5.11 Å². The molecule has 0 aliphatic rings. The van der Waals surface area contributed by atoms with Crippen LogP contribution in [0.15, 0.2) is 73.3 Å². The molecule has 0 bridgehead atoms. The minimum atomic E-state index is 0.106. The number of benzene rings is 2. The molecule has 2 heterocycles. The molecule has 134 valence electrons. The number of aryl methyl sites for hydroxylation is 1. The average Bonchev–Trinajstić information content (AvgIpc) is 3.19. The molecule has 2 aromatic heterocycles. The van der Waals surface area contributed by atoms with E-state index in [1.165, 1.54) is 0 Å². The molecule has 27 heavy (non-hydrogen) atoms. The normalized spacial score (nSPS) is 10.9. The van der Waals surface area contributed by atoms with Crippen molar-refractivity contribution in [3.63, 3.8) is 0 Å². The van der Waals surface area contributed by atoms with E-state index in [-0.39, 0.29) is 6.61 Å². The lowest BCUT2D eigenvalue weighted by Crippen LogP contribution is -2.03. The Morgan fingerprint density at radius 2 is 1.67 bits per heavy atom. The Balaban J connectivity index is 1.73. The predicted molar refractivity (Wildman–Crippen MR) is 106 cm³/mol. The largest absolute Gasteiger partial charge is 0.396 e. The monoisotopic (exact) mass is 356 g/mol. The molecule has 4 rings (SSSR count). The third-order valence-electron chi connectivity index (χ3n) is 4.57. The van der Waals surface area contributed by atoms with E-state index in [0.717, 1.165) is 33.8 Å². The summed E-state index contributed by atoms with van der Waals surface area (Å²) in [6.45, 7) is 2.16. The van der Waals surface area contributed by atoms with Crippen molar-refractivity contribution in [3.05, 3.63) is 84.4 Å². The van der Waals surface area contributed by atoms with Crippen LogP contribution in [0.4, 0.5) is 0 Å². The molecule has 0 aliphatic heterocycles. The second-order valence-electron chi connectivity index (χ2n) is 6.33. The van der Waals surface area contributed by atoms with Crippen LogP contribution >= 0.6 is 0 Å². The first kappa shape index (κ1) is 17.1. The molecule has 0 radical (unpaired) electrons. The fourth-order valence-corrected chi connectivity index (χ4v) is 3.20. The van der Waals surface area contributed by atoms with Gasteiger partial charge in [-0.1, -0.05) is 42.5 Å². The summed E-state index contributed by atoms with van der Waals surface area (Å²) in [5, 5.41) is 9.34. The smallest absolute Gasteiger partial charge is 0.159 e. The van der Waals surface area contributed by atoms with E-state index in [2.05, 4.69) is 27.9 Å². The highest BCUT2D eigenvalue weighted by Crippen LogP contribution is 2.25. The van der Waals surface area contributed by atoms with Crippen molar-refractivity contribution < 1.29 is 5.11 Å². The van der Waals surface area contributed by atoms with Crippen molar-refractivity contribution in [3.8, 4) is 28.5 Å². The van der Waals surface area contributed by atoms with Crippen molar-refractivity contribution in [1.82, 2.24) is 19.5 Å². The first-order valence-corrected chi connectivity index (χ1v) is 8.89. The Labute approximate surface area is 158 Å². The van der Waals surface area contributed by atoms with Crippen LogP contribution in [-0.2, 0) is 6.42 Å². The highest BCUT2D eigenvalue weighted by atomic mass is 16.2. The van der Waals surface area contributed by atoms with Gasteiger partial charge >= 0.3 is 0 Å². The van der Waals surface area contributed by atoms with Gasteiger partial charge in [-0.2, -0.15) is 0 Å². The van der Waals surface area contributed by atoms with Crippen LogP contribution in [0.1, 0.15) is 11.1 Å². The van der Waals surface area contributed by atoms with Crippen LogP contribution in [0, 0.1) is 6.92 Å². The molecule has 0 unspecified atom stereocenters. The van der Waals surface area contributed by atoms with Crippen molar-refractivity contribution in [1.29, 1.82) is 0 Å². The van der Waals surface area contributed by atoms with E-state index >= 15 is 0 Å². The molecular formula is C22H20N4O. The lowest BCUT2D eigenvalue weighted by atomic mass is 10.1. The number of aliphatic hydroxyl groups is 1. The van der Waals surface area contributed by atoms with Gasteiger partial charge in [0.15, 0.2) is 5.82 Å². The number of rotatable bonds is 5. The zero-order valence-corrected chi connectivity index (χ0v) is 15.1. The molecule has 0 atom stereocenters. The Hall–Kier alpha value is -3.31. The topological polar surface area (TPSA) is 63.8 Å². The van der Waals surface area contributed by atoms with E-state index in [1.54, 1.807) is 6.20 Å². The first-order valence-electron chi connectivity index (χ1n) is 8.89. The molecule has 0 spiro atoms. The third kappa shape index (κ3) is 3.37. The summed E-state index contributed by atoms with van der Waals surface area (Å²) in [7, 11) is 0. The summed E-state index contributed by atoms with van der Waals surface area (Å²) in [4.78, 5) is 13.6. The summed E-state index contributed by atoms with van der Waals surface area (Å²) in [5.41, 5.74) is 5.08. The SMILES string of the molecule is Cc1ccccc1-c1ncc(-c2nccn2-c2ccccc2CCO)cn1. The van der Waals surface area contributed by atoms with Gasteiger partial charge in [-0.25, -0.2) is 15.0 Å². The van der Waals surface area contributed by atoms with Gasteiger partial charge in [0.25, 0.3) is 0 Å². The predicted octanol–water partition coefficient (Wildman–Crippen LogP) is 3.84. The molecule has 5 heteroatoms. The molecule has 0 fully saturated rings. The zero-order chi connectivity index (χ0) is 18.6. The Morgan fingerprint density at radius 1 is 0.926 bits per heavy atom. The minimum Gasteiger partial charge on any atom is -0.396 e. The van der Waals surface area contributed by atoms with Crippen molar-refractivity contribution in [2.24, 2.45) is 0 Å². The standard InChI is InChI=1S/C22H20N4O/c1-16-6-2-4-8-19(16)21-24-14-18(15-25-21)22-23-11-12-26(22)20-9-5-3-7-17(20)10-13-27/h2-9,11-12,14-15,27H,10,13H2,1H3. The Kier molecular flexibility index (Phi) is 4.77. The van der Waals surface area contributed by atoms with Gasteiger partial charge in [-0.15, -0.1) is 0 Å². The maximum atomic E-state index is 9.34. The van der Waals surface area contributed by atoms with Crippen LogP contribution in [0.2, 0.25) is 0 Å². The number of hydrogen-bond donors (Lipinski definition) is 1. The van der Waals surface area contributed by atoms with E-state index in [0.29, 0.717) is 12.2 Å². The molecule has 2 aromatic carbocycles. The number of para-hydroxylation sites is 1. The molecular weight excluding hydrogens is 336 g/mol. The third-order valence-corrected chi connectivity index (χ3v) is 4.57. The van der Waals surface area contributed by atoms with Gasteiger partial charge in [-0.05, 0) is 30.5 Å². The second kappa shape index (κ2) is 7.51. The fraction of sp³-hybridized carbons (Fsp3) is 0.136. The summed E-state index contributed by atoms with van der Waals surface area (Å²) >= 11 is 0. The maximum absolute atomic E-state index is 9.34. The first-order chi connectivity index (χ1) is 13.3. The van der Waals surface area contributed by atoms with E-state index < -0.39 is 0 Å².